The first-order valence-corrected chi connectivity index (χ1v) is 10.5. The van der Waals surface area contributed by atoms with E-state index >= 15 is 0 Å². The van der Waals surface area contributed by atoms with Crippen LogP contribution >= 0.6 is 23.4 Å². The molecule has 4 rings (SSSR count). The van der Waals surface area contributed by atoms with E-state index in [0.29, 0.717) is 18.2 Å². The summed E-state index contributed by atoms with van der Waals surface area (Å²) in [7, 11) is 1.92. The molecule has 2 heterocycles. The molecule has 0 saturated carbocycles. The summed E-state index contributed by atoms with van der Waals surface area (Å²) >= 11 is 7.50. The molecule has 0 radical (unpaired) electrons. The number of hydrogen-bond donors (Lipinski definition) is 1. The number of nitrogens with zero attached hydrogens (tertiary/aromatic N) is 4. The summed E-state index contributed by atoms with van der Waals surface area (Å²) in [5.41, 5.74) is 1.73. The number of hydrogen-bond acceptors (Lipinski definition) is 5. The molecule has 150 valence electrons. The Hall–Kier alpha value is -2.71. The maximum Gasteiger partial charge on any atom is 0.326 e. The zero-order valence-electron chi connectivity index (χ0n) is 15.8. The van der Waals surface area contributed by atoms with E-state index in [4.69, 9.17) is 16.3 Å². The zero-order valence-corrected chi connectivity index (χ0v) is 17.4. The second kappa shape index (κ2) is 8.75. The molecule has 0 aliphatic rings. The number of fused-ring (bicyclic) bond motifs is 1. The van der Waals surface area contributed by atoms with Crippen molar-refractivity contribution in [3.63, 3.8) is 0 Å². The standard InChI is InChI=1S/C20H20ClN5O2S/c1-25-18(13-28-15-9-7-14(21)8-10-15)23-24-20(25)29-12-4-11-26-17-6-3-2-5-16(17)22-19(26)27/h2-3,5-10H,4,11-13H2,1H3,(H,22,27). The highest BCUT2D eigenvalue weighted by Gasteiger charge is 2.11. The minimum Gasteiger partial charge on any atom is -0.486 e. The van der Waals surface area contributed by atoms with E-state index in [0.717, 1.165) is 39.9 Å². The van der Waals surface area contributed by atoms with Crippen LogP contribution in [0.15, 0.2) is 58.5 Å². The lowest BCUT2D eigenvalue weighted by atomic mass is 10.3. The number of aromatic amines is 1. The average Bonchev–Trinajstić information content (AvgIpc) is 3.24. The van der Waals surface area contributed by atoms with E-state index in [1.54, 1.807) is 28.5 Å². The van der Waals surface area contributed by atoms with E-state index in [-0.39, 0.29) is 5.69 Å². The van der Waals surface area contributed by atoms with Gasteiger partial charge in [-0.05, 0) is 42.8 Å². The lowest BCUT2D eigenvalue weighted by molar-refractivity contribution is 0.290. The van der Waals surface area contributed by atoms with Gasteiger partial charge in [0.05, 0.1) is 11.0 Å². The third kappa shape index (κ3) is 4.49. The molecule has 0 spiro atoms. The van der Waals surface area contributed by atoms with Gasteiger partial charge in [-0.1, -0.05) is 35.5 Å². The van der Waals surface area contributed by atoms with Crippen LogP contribution in [0, 0.1) is 0 Å². The lowest BCUT2D eigenvalue weighted by Crippen LogP contribution is -2.17. The largest absolute Gasteiger partial charge is 0.486 e. The van der Waals surface area contributed by atoms with Gasteiger partial charge < -0.3 is 14.3 Å². The monoisotopic (exact) mass is 429 g/mol. The Morgan fingerprint density at radius 2 is 1.93 bits per heavy atom. The summed E-state index contributed by atoms with van der Waals surface area (Å²) in [5, 5.41) is 9.95. The molecule has 0 aliphatic heterocycles. The van der Waals surface area contributed by atoms with E-state index in [2.05, 4.69) is 15.2 Å². The number of H-pyrrole nitrogens is 1. The van der Waals surface area contributed by atoms with E-state index < -0.39 is 0 Å². The number of imidazole rings is 1. The van der Waals surface area contributed by atoms with E-state index in [1.807, 2.05) is 48.0 Å². The molecular formula is C20H20ClN5O2S. The molecule has 2 aromatic carbocycles. The van der Waals surface area contributed by atoms with Gasteiger partial charge in [-0.25, -0.2) is 4.79 Å². The highest BCUT2D eigenvalue weighted by molar-refractivity contribution is 7.99. The molecule has 9 heteroatoms. The zero-order chi connectivity index (χ0) is 20.2. The van der Waals surface area contributed by atoms with Crippen molar-refractivity contribution in [2.45, 2.75) is 24.7 Å². The Bertz CT molecular complexity index is 1170. The second-order valence-corrected chi connectivity index (χ2v) is 8.00. The summed E-state index contributed by atoms with van der Waals surface area (Å²) in [4.78, 5) is 15.0. The Balaban J connectivity index is 1.30. The van der Waals surface area contributed by atoms with Gasteiger partial charge in [0.2, 0.25) is 0 Å². The number of nitrogens with one attached hydrogen (secondary N) is 1. The van der Waals surface area contributed by atoms with Gasteiger partial charge >= 0.3 is 5.69 Å². The first-order valence-electron chi connectivity index (χ1n) is 9.19. The molecule has 1 N–H and O–H groups in total. The van der Waals surface area contributed by atoms with Crippen LogP contribution in [-0.2, 0) is 20.2 Å². The van der Waals surface area contributed by atoms with Crippen molar-refractivity contribution in [2.24, 2.45) is 7.05 Å². The maximum atomic E-state index is 12.1. The SMILES string of the molecule is Cn1c(COc2ccc(Cl)cc2)nnc1SCCCn1c(=O)[nH]c2ccccc21. The van der Waals surface area contributed by atoms with Gasteiger partial charge in [-0.3, -0.25) is 4.57 Å². The Kier molecular flexibility index (Phi) is 5.92. The van der Waals surface area contributed by atoms with Gasteiger partial charge in [0.15, 0.2) is 11.0 Å². The molecular weight excluding hydrogens is 410 g/mol. The number of benzene rings is 2. The molecule has 29 heavy (non-hydrogen) atoms. The summed E-state index contributed by atoms with van der Waals surface area (Å²) < 4.78 is 9.44. The summed E-state index contributed by atoms with van der Waals surface area (Å²) in [6, 6.07) is 14.9. The van der Waals surface area contributed by atoms with Crippen LogP contribution in [0.3, 0.4) is 0 Å². The number of aryl methyl sites for hydroxylation is 1. The fraction of sp³-hybridized carbons (Fsp3) is 0.250. The van der Waals surface area contributed by atoms with Crippen LogP contribution < -0.4 is 10.4 Å². The molecule has 0 unspecified atom stereocenters. The van der Waals surface area contributed by atoms with E-state index in [9.17, 15) is 4.79 Å². The predicted octanol–water partition coefficient (Wildman–Crippen LogP) is 3.87. The van der Waals surface area contributed by atoms with Crippen molar-refractivity contribution < 1.29 is 4.74 Å². The number of para-hydroxylation sites is 2. The quantitative estimate of drug-likeness (QED) is 0.340. The van der Waals surface area contributed by atoms with Crippen LogP contribution in [0.2, 0.25) is 5.02 Å². The van der Waals surface area contributed by atoms with Gasteiger partial charge in [0.1, 0.15) is 12.4 Å². The van der Waals surface area contributed by atoms with Crippen LogP contribution in [0.5, 0.6) is 5.75 Å². The highest BCUT2D eigenvalue weighted by atomic mass is 35.5. The highest BCUT2D eigenvalue weighted by Crippen LogP contribution is 2.20. The van der Waals surface area contributed by atoms with Crippen molar-refractivity contribution in [2.75, 3.05) is 5.75 Å². The molecule has 0 bridgehead atoms. The molecule has 0 fully saturated rings. The second-order valence-electron chi connectivity index (χ2n) is 6.50. The van der Waals surface area contributed by atoms with Crippen LogP contribution in [-0.4, -0.2) is 30.1 Å². The van der Waals surface area contributed by atoms with Gasteiger partial charge in [-0.2, -0.15) is 0 Å². The lowest BCUT2D eigenvalue weighted by Gasteiger charge is -2.07. The average molecular weight is 430 g/mol. The van der Waals surface area contributed by atoms with Crippen molar-refractivity contribution in [3.8, 4) is 5.75 Å². The minimum atomic E-state index is -0.0727. The van der Waals surface area contributed by atoms with Crippen molar-refractivity contribution in [1.82, 2.24) is 24.3 Å². The molecule has 4 aromatic rings. The summed E-state index contributed by atoms with van der Waals surface area (Å²) in [5.74, 6) is 2.31. The Labute approximate surface area is 176 Å². The predicted molar refractivity (Wildman–Crippen MR) is 115 cm³/mol. The van der Waals surface area contributed by atoms with Crippen molar-refractivity contribution in [3.05, 3.63) is 69.9 Å². The number of rotatable bonds is 8. The number of thioether (sulfide) groups is 1. The molecule has 0 atom stereocenters. The summed E-state index contributed by atoms with van der Waals surface area (Å²) in [6.07, 6.45) is 0.843. The molecule has 0 saturated heterocycles. The third-order valence-corrected chi connectivity index (χ3v) is 5.90. The molecule has 2 aromatic heterocycles. The first-order chi connectivity index (χ1) is 14.1. The number of aromatic nitrogens is 5. The fourth-order valence-corrected chi connectivity index (χ4v) is 3.97. The first kappa shape index (κ1) is 19.6. The number of halogens is 1. The third-order valence-electron chi connectivity index (χ3n) is 4.55. The van der Waals surface area contributed by atoms with Crippen molar-refractivity contribution >= 4 is 34.4 Å². The van der Waals surface area contributed by atoms with Crippen LogP contribution in [0.4, 0.5) is 0 Å². The topological polar surface area (TPSA) is 77.7 Å². The molecule has 7 nitrogen and oxygen atoms in total. The van der Waals surface area contributed by atoms with Crippen LogP contribution in [0.25, 0.3) is 11.0 Å². The van der Waals surface area contributed by atoms with Crippen molar-refractivity contribution in [1.29, 1.82) is 0 Å². The molecule has 0 aliphatic carbocycles. The normalized spacial score (nSPS) is 11.2. The van der Waals surface area contributed by atoms with Gasteiger partial charge in [0.25, 0.3) is 0 Å². The van der Waals surface area contributed by atoms with Crippen LogP contribution in [0.1, 0.15) is 12.2 Å². The minimum absolute atomic E-state index is 0.0727. The van der Waals surface area contributed by atoms with E-state index in [1.165, 1.54) is 0 Å². The number of ether oxygens (including phenoxy) is 1. The fourth-order valence-electron chi connectivity index (χ4n) is 2.99. The Morgan fingerprint density at radius 3 is 2.76 bits per heavy atom. The maximum absolute atomic E-state index is 12.1. The molecule has 0 amide bonds. The van der Waals surface area contributed by atoms with Gasteiger partial charge in [0, 0.05) is 24.4 Å². The summed E-state index contributed by atoms with van der Waals surface area (Å²) in [6.45, 7) is 0.983. The Morgan fingerprint density at radius 1 is 1.14 bits per heavy atom. The smallest absolute Gasteiger partial charge is 0.326 e. The van der Waals surface area contributed by atoms with Gasteiger partial charge in [-0.15, -0.1) is 10.2 Å².